The fraction of sp³-hybridized carbons (Fsp3) is 0.429. The van der Waals surface area contributed by atoms with Crippen LogP contribution < -0.4 is 0 Å². The van der Waals surface area contributed by atoms with Crippen LogP contribution in [0, 0.1) is 11.8 Å². The molecule has 16 heavy (non-hydrogen) atoms. The molecular weight excluding hydrogens is 196 g/mol. The molecule has 0 N–H and O–H groups in total. The van der Waals surface area contributed by atoms with Crippen molar-refractivity contribution in [3.8, 4) is 0 Å². The average Bonchev–Trinajstić information content (AvgIpc) is 2.28. The van der Waals surface area contributed by atoms with E-state index in [9.17, 15) is 0 Å². The Hall–Kier alpha value is -1.44. The number of rotatable bonds is 3. The first-order valence-electron chi connectivity index (χ1n) is 5.85. The van der Waals surface area contributed by atoms with Gasteiger partial charge in [-0.15, -0.1) is 6.58 Å². The number of aliphatic imine (C=N–C) groups is 1. The Morgan fingerprint density at radius 2 is 2.38 bits per heavy atom. The summed E-state index contributed by atoms with van der Waals surface area (Å²) < 4.78 is 0. The highest BCUT2D eigenvalue weighted by molar-refractivity contribution is 5.92. The van der Waals surface area contributed by atoms with Crippen molar-refractivity contribution in [2.75, 3.05) is 0 Å². The predicted octanol–water partition coefficient (Wildman–Crippen LogP) is 3.56. The minimum atomic E-state index is 0.486. The molecule has 2 heterocycles. The molecule has 2 rings (SSSR count). The van der Waals surface area contributed by atoms with Gasteiger partial charge in [0.15, 0.2) is 0 Å². The van der Waals surface area contributed by atoms with Crippen LogP contribution in [-0.4, -0.2) is 10.7 Å². The molecule has 1 unspecified atom stereocenters. The minimum Gasteiger partial charge on any atom is -0.259 e. The van der Waals surface area contributed by atoms with E-state index in [-0.39, 0.29) is 0 Å². The summed E-state index contributed by atoms with van der Waals surface area (Å²) in [5, 5.41) is 0. The SMILES string of the molecule is C=CCC1Cc2ncccc2N=C1C(C)C. The van der Waals surface area contributed by atoms with E-state index in [0.29, 0.717) is 11.8 Å². The summed E-state index contributed by atoms with van der Waals surface area (Å²) in [6, 6.07) is 4.00. The Morgan fingerprint density at radius 1 is 1.56 bits per heavy atom. The van der Waals surface area contributed by atoms with Gasteiger partial charge in [0.1, 0.15) is 0 Å². The minimum absolute atomic E-state index is 0.486. The van der Waals surface area contributed by atoms with Crippen molar-refractivity contribution < 1.29 is 0 Å². The summed E-state index contributed by atoms with van der Waals surface area (Å²) in [7, 11) is 0. The van der Waals surface area contributed by atoms with Crippen molar-refractivity contribution in [1.29, 1.82) is 0 Å². The van der Waals surface area contributed by atoms with Gasteiger partial charge in [-0.25, -0.2) is 0 Å². The lowest BCUT2D eigenvalue weighted by Crippen LogP contribution is -2.25. The van der Waals surface area contributed by atoms with Crippen LogP contribution in [0.5, 0.6) is 0 Å². The number of pyridine rings is 1. The van der Waals surface area contributed by atoms with Gasteiger partial charge < -0.3 is 0 Å². The van der Waals surface area contributed by atoms with E-state index >= 15 is 0 Å². The van der Waals surface area contributed by atoms with Crippen molar-refractivity contribution in [3.05, 3.63) is 36.7 Å². The molecule has 2 nitrogen and oxygen atoms in total. The second-order valence-electron chi connectivity index (χ2n) is 4.59. The van der Waals surface area contributed by atoms with Crippen molar-refractivity contribution in [3.63, 3.8) is 0 Å². The molecule has 1 aromatic heterocycles. The van der Waals surface area contributed by atoms with Crippen LogP contribution in [-0.2, 0) is 6.42 Å². The molecule has 2 heteroatoms. The highest BCUT2D eigenvalue weighted by atomic mass is 14.8. The lowest BCUT2D eigenvalue weighted by molar-refractivity contribution is 0.633. The van der Waals surface area contributed by atoms with Crippen LogP contribution in [0.2, 0.25) is 0 Å². The van der Waals surface area contributed by atoms with Crippen molar-refractivity contribution >= 4 is 11.4 Å². The van der Waals surface area contributed by atoms with Gasteiger partial charge in [0.2, 0.25) is 0 Å². The molecule has 0 aromatic carbocycles. The maximum absolute atomic E-state index is 4.75. The summed E-state index contributed by atoms with van der Waals surface area (Å²) in [6.45, 7) is 8.24. The maximum Gasteiger partial charge on any atom is 0.0844 e. The van der Waals surface area contributed by atoms with Crippen LogP contribution >= 0.6 is 0 Å². The zero-order valence-corrected chi connectivity index (χ0v) is 9.98. The summed E-state index contributed by atoms with van der Waals surface area (Å²) in [5.74, 6) is 0.984. The normalized spacial score (nSPS) is 19.2. The van der Waals surface area contributed by atoms with Crippen LogP contribution in [0.3, 0.4) is 0 Å². The zero-order chi connectivity index (χ0) is 11.5. The molecule has 1 aliphatic heterocycles. The van der Waals surface area contributed by atoms with Gasteiger partial charge in [-0.1, -0.05) is 19.9 Å². The van der Waals surface area contributed by atoms with E-state index in [2.05, 4.69) is 31.5 Å². The molecular formula is C14H18N2. The van der Waals surface area contributed by atoms with Gasteiger partial charge in [-0.2, -0.15) is 0 Å². The van der Waals surface area contributed by atoms with Gasteiger partial charge in [0.05, 0.1) is 11.4 Å². The smallest absolute Gasteiger partial charge is 0.0844 e. The number of aromatic nitrogens is 1. The third-order valence-corrected chi connectivity index (χ3v) is 3.02. The van der Waals surface area contributed by atoms with Crippen LogP contribution in [0.25, 0.3) is 0 Å². The summed E-state index contributed by atoms with van der Waals surface area (Å²) >= 11 is 0. The Bertz CT molecular complexity index is 418. The topological polar surface area (TPSA) is 25.2 Å². The van der Waals surface area contributed by atoms with E-state index < -0.39 is 0 Å². The Labute approximate surface area is 97.1 Å². The van der Waals surface area contributed by atoms with Crippen molar-refractivity contribution in [1.82, 2.24) is 4.98 Å². The van der Waals surface area contributed by atoms with E-state index in [0.717, 1.165) is 24.2 Å². The molecule has 1 atom stereocenters. The van der Waals surface area contributed by atoms with Crippen LogP contribution in [0.15, 0.2) is 36.0 Å². The maximum atomic E-state index is 4.75. The van der Waals surface area contributed by atoms with Gasteiger partial charge in [0, 0.05) is 24.2 Å². The molecule has 0 bridgehead atoms. The molecule has 0 aliphatic carbocycles. The second kappa shape index (κ2) is 4.60. The Morgan fingerprint density at radius 3 is 3.06 bits per heavy atom. The lowest BCUT2D eigenvalue weighted by Gasteiger charge is -2.25. The highest BCUT2D eigenvalue weighted by Gasteiger charge is 2.24. The van der Waals surface area contributed by atoms with Gasteiger partial charge in [-0.3, -0.25) is 9.98 Å². The quantitative estimate of drug-likeness (QED) is 0.706. The predicted molar refractivity (Wildman–Crippen MR) is 68.2 cm³/mol. The van der Waals surface area contributed by atoms with Gasteiger partial charge in [0.25, 0.3) is 0 Å². The van der Waals surface area contributed by atoms with Crippen LogP contribution in [0.1, 0.15) is 26.0 Å². The largest absolute Gasteiger partial charge is 0.259 e. The first-order valence-corrected chi connectivity index (χ1v) is 5.85. The standard InChI is InChI=1S/C14H18N2/c1-4-6-11-9-13-12(7-5-8-15-13)16-14(11)10(2)3/h4-5,7-8,10-11H,1,6,9H2,2-3H3. The lowest BCUT2D eigenvalue weighted by atomic mass is 9.85. The molecule has 0 saturated heterocycles. The number of hydrogen-bond acceptors (Lipinski definition) is 2. The summed E-state index contributed by atoms with van der Waals surface area (Å²) in [6.07, 6.45) is 5.82. The molecule has 0 amide bonds. The molecule has 0 fully saturated rings. The first kappa shape index (κ1) is 11.1. The summed E-state index contributed by atoms with van der Waals surface area (Å²) in [4.78, 5) is 9.16. The second-order valence-corrected chi connectivity index (χ2v) is 4.59. The van der Waals surface area contributed by atoms with E-state index in [4.69, 9.17) is 4.99 Å². The molecule has 1 aromatic rings. The fourth-order valence-electron chi connectivity index (χ4n) is 2.26. The number of nitrogens with zero attached hydrogens (tertiary/aromatic N) is 2. The molecule has 84 valence electrons. The first-order chi connectivity index (χ1) is 7.72. The van der Waals surface area contributed by atoms with E-state index in [1.807, 2.05) is 18.3 Å². The highest BCUT2D eigenvalue weighted by Crippen LogP contribution is 2.30. The zero-order valence-electron chi connectivity index (χ0n) is 9.98. The Balaban J connectivity index is 2.38. The third-order valence-electron chi connectivity index (χ3n) is 3.02. The van der Waals surface area contributed by atoms with E-state index in [1.54, 1.807) is 0 Å². The van der Waals surface area contributed by atoms with Crippen molar-refractivity contribution in [2.24, 2.45) is 16.8 Å². The van der Waals surface area contributed by atoms with Crippen LogP contribution in [0.4, 0.5) is 5.69 Å². The molecule has 1 aliphatic rings. The Kier molecular flexibility index (Phi) is 3.18. The van der Waals surface area contributed by atoms with Gasteiger partial charge >= 0.3 is 0 Å². The fourth-order valence-corrected chi connectivity index (χ4v) is 2.26. The molecule has 0 spiro atoms. The van der Waals surface area contributed by atoms with Gasteiger partial charge in [-0.05, 0) is 24.5 Å². The van der Waals surface area contributed by atoms with Crippen molar-refractivity contribution in [2.45, 2.75) is 26.7 Å². The number of fused-ring (bicyclic) bond motifs is 1. The molecule has 0 radical (unpaired) electrons. The number of allylic oxidation sites excluding steroid dienone is 1. The van der Waals surface area contributed by atoms with E-state index in [1.165, 1.54) is 5.71 Å². The monoisotopic (exact) mass is 214 g/mol. The molecule has 0 saturated carbocycles. The average molecular weight is 214 g/mol. The number of hydrogen-bond donors (Lipinski definition) is 0. The summed E-state index contributed by atoms with van der Waals surface area (Å²) in [5.41, 5.74) is 3.46. The third kappa shape index (κ3) is 2.06.